The standard InChI is InChI=1S/C49H26N6OS/c1-50-29-20-22-37-32(25-29)33-26-30(51-2)21-23-38(33)55(37)41-15-9-17-43-46(41)49(34-11-3-6-16-42(34)56-43)35-12-10-24-52-47(35)48-36(49)27-31(28-53-48)54-39-13-4-7-18-44(39)57-45-19-8-5-14-40(45)54/h3-28H. The van der Waals surface area contributed by atoms with Gasteiger partial charge in [-0.3, -0.25) is 9.97 Å². The molecule has 8 heteroatoms. The highest BCUT2D eigenvalue weighted by molar-refractivity contribution is 7.99. The second-order valence-electron chi connectivity index (χ2n) is 14.3. The first-order valence-corrected chi connectivity index (χ1v) is 19.4. The molecule has 3 aliphatic rings. The Labute approximate surface area is 331 Å². The zero-order chi connectivity index (χ0) is 37.8. The van der Waals surface area contributed by atoms with E-state index in [0.29, 0.717) is 11.4 Å². The highest BCUT2D eigenvalue weighted by atomic mass is 32.2. The van der Waals surface area contributed by atoms with Crippen LogP contribution in [0.5, 0.6) is 11.5 Å². The number of pyridine rings is 2. The Balaban J connectivity index is 1.21. The van der Waals surface area contributed by atoms with Crippen molar-refractivity contribution in [1.29, 1.82) is 0 Å². The predicted octanol–water partition coefficient (Wildman–Crippen LogP) is 13.1. The molecule has 1 unspecified atom stereocenters. The molecular formula is C49H26N6OS. The van der Waals surface area contributed by atoms with Gasteiger partial charge >= 0.3 is 0 Å². The Hall–Kier alpha value is -7.65. The summed E-state index contributed by atoms with van der Waals surface area (Å²) in [6, 6.07) is 49.8. The summed E-state index contributed by atoms with van der Waals surface area (Å²) >= 11 is 1.78. The van der Waals surface area contributed by atoms with Crippen molar-refractivity contribution in [2.75, 3.05) is 4.90 Å². The van der Waals surface area contributed by atoms with Crippen molar-refractivity contribution in [3.8, 4) is 28.6 Å². The third-order valence-corrected chi connectivity index (χ3v) is 12.7. The molecule has 264 valence electrons. The van der Waals surface area contributed by atoms with Crippen LogP contribution in [-0.2, 0) is 5.41 Å². The average Bonchev–Trinajstić information content (AvgIpc) is 3.74. The summed E-state index contributed by atoms with van der Waals surface area (Å²) in [5.74, 6) is 1.50. The molecule has 0 bridgehead atoms. The van der Waals surface area contributed by atoms with Gasteiger partial charge in [-0.15, -0.1) is 0 Å². The Bertz CT molecular complexity index is 3200. The maximum Gasteiger partial charge on any atom is 0.188 e. The van der Waals surface area contributed by atoms with Crippen LogP contribution in [0, 0.1) is 13.1 Å². The summed E-state index contributed by atoms with van der Waals surface area (Å²) < 4.78 is 9.19. The molecule has 57 heavy (non-hydrogen) atoms. The van der Waals surface area contributed by atoms with Crippen molar-refractivity contribution in [1.82, 2.24) is 14.5 Å². The van der Waals surface area contributed by atoms with E-state index in [2.05, 4.69) is 104 Å². The number of ether oxygens (including phenoxy) is 1. The lowest BCUT2D eigenvalue weighted by molar-refractivity contribution is 0.435. The minimum absolute atomic E-state index is 0.543. The zero-order valence-electron chi connectivity index (χ0n) is 30.0. The first-order valence-electron chi connectivity index (χ1n) is 18.5. The number of nitrogens with zero attached hydrogens (tertiary/aromatic N) is 6. The van der Waals surface area contributed by atoms with Crippen LogP contribution in [0.25, 0.3) is 48.6 Å². The molecule has 6 aromatic carbocycles. The molecule has 0 saturated heterocycles. The van der Waals surface area contributed by atoms with Crippen molar-refractivity contribution in [2.45, 2.75) is 15.2 Å². The van der Waals surface area contributed by atoms with Crippen LogP contribution in [0.15, 0.2) is 168 Å². The highest BCUT2D eigenvalue weighted by Crippen LogP contribution is 2.64. The molecular weight excluding hydrogens is 721 g/mol. The number of hydrogen-bond acceptors (Lipinski definition) is 5. The van der Waals surface area contributed by atoms with Gasteiger partial charge in [0, 0.05) is 32.7 Å². The lowest BCUT2D eigenvalue weighted by atomic mass is 9.65. The minimum Gasteiger partial charge on any atom is -0.457 e. The van der Waals surface area contributed by atoms with Crippen LogP contribution < -0.4 is 9.64 Å². The quantitative estimate of drug-likeness (QED) is 0.165. The van der Waals surface area contributed by atoms with E-state index in [-0.39, 0.29) is 0 Å². The largest absolute Gasteiger partial charge is 0.457 e. The van der Waals surface area contributed by atoms with Crippen LogP contribution >= 0.6 is 11.8 Å². The summed E-state index contributed by atoms with van der Waals surface area (Å²) in [6.45, 7) is 15.7. The normalized spacial score (nSPS) is 15.4. The van der Waals surface area contributed by atoms with E-state index in [1.54, 1.807) is 11.8 Å². The SMILES string of the molecule is [C-]#[N+]c1ccc2c(c1)c1cc([N+]#[C-])ccc1n2-c1cccc2c1C1(c3ccccc3O2)c2cccnc2-c2ncc(N3c4ccccc4Sc4ccccc43)cc21. The first-order chi connectivity index (χ1) is 28.2. The molecule has 1 atom stereocenters. The van der Waals surface area contributed by atoms with Gasteiger partial charge in [-0.2, -0.15) is 0 Å². The van der Waals surface area contributed by atoms with Crippen molar-refractivity contribution in [3.05, 3.63) is 203 Å². The van der Waals surface area contributed by atoms with Crippen LogP contribution in [0.3, 0.4) is 0 Å². The molecule has 0 amide bonds. The average molecular weight is 747 g/mol. The van der Waals surface area contributed by atoms with Gasteiger partial charge in [0.1, 0.15) is 11.5 Å². The molecule has 3 aromatic heterocycles. The number of fused-ring (bicyclic) bond motifs is 14. The van der Waals surface area contributed by atoms with Gasteiger partial charge in [-0.25, -0.2) is 9.69 Å². The molecule has 0 fully saturated rings. The van der Waals surface area contributed by atoms with Crippen LogP contribution in [0.4, 0.5) is 28.4 Å². The summed E-state index contributed by atoms with van der Waals surface area (Å²) in [7, 11) is 0. The molecule has 9 aromatic rings. The molecule has 0 saturated carbocycles. The van der Waals surface area contributed by atoms with Crippen molar-refractivity contribution in [3.63, 3.8) is 0 Å². The number of hydrogen-bond donors (Lipinski definition) is 0. The Morgan fingerprint density at radius 1 is 0.561 bits per heavy atom. The third kappa shape index (κ3) is 4.20. The van der Waals surface area contributed by atoms with Gasteiger partial charge in [0.25, 0.3) is 0 Å². The zero-order valence-corrected chi connectivity index (χ0v) is 30.8. The Kier molecular flexibility index (Phi) is 6.49. The fourth-order valence-corrected chi connectivity index (χ4v) is 10.4. The predicted molar refractivity (Wildman–Crippen MR) is 225 cm³/mol. The lowest BCUT2D eigenvalue weighted by Crippen LogP contribution is -2.34. The van der Waals surface area contributed by atoms with Gasteiger partial charge in [0.15, 0.2) is 11.4 Å². The van der Waals surface area contributed by atoms with Gasteiger partial charge in [-0.1, -0.05) is 78.5 Å². The first kappa shape index (κ1) is 31.7. The monoisotopic (exact) mass is 746 g/mol. The van der Waals surface area contributed by atoms with Crippen molar-refractivity contribution in [2.24, 2.45) is 0 Å². The number of anilines is 3. The summed E-state index contributed by atoms with van der Waals surface area (Å²) in [5.41, 5.74) is 11.8. The van der Waals surface area contributed by atoms with Gasteiger partial charge in [0.05, 0.1) is 69.9 Å². The van der Waals surface area contributed by atoms with Gasteiger partial charge in [-0.05, 0) is 95.2 Å². The maximum absolute atomic E-state index is 7.83. The third-order valence-electron chi connectivity index (χ3n) is 11.5. The highest BCUT2D eigenvalue weighted by Gasteiger charge is 2.54. The van der Waals surface area contributed by atoms with E-state index in [9.17, 15) is 0 Å². The molecule has 0 N–H and O–H groups in total. The Morgan fingerprint density at radius 2 is 1.18 bits per heavy atom. The van der Waals surface area contributed by atoms with E-state index in [1.807, 2.05) is 73.1 Å². The Morgan fingerprint density at radius 3 is 1.89 bits per heavy atom. The van der Waals surface area contributed by atoms with E-state index in [4.69, 9.17) is 27.8 Å². The molecule has 1 aliphatic carbocycles. The number of aromatic nitrogens is 3. The molecule has 0 radical (unpaired) electrons. The summed E-state index contributed by atoms with van der Waals surface area (Å²) in [6.07, 6.45) is 3.83. The van der Waals surface area contributed by atoms with Gasteiger partial charge < -0.3 is 14.2 Å². The molecule has 7 nitrogen and oxygen atoms in total. The van der Waals surface area contributed by atoms with E-state index in [0.717, 1.165) is 89.7 Å². The maximum atomic E-state index is 7.83. The fourth-order valence-electron chi connectivity index (χ4n) is 9.32. The topological polar surface area (TPSA) is 51.9 Å². The van der Waals surface area contributed by atoms with Crippen LogP contribution in [0.1, 0.15) is 22.3 Å². The lowest BCUT2D eigenvalue weighted by Gasteiger charge is -2.41. The van der Waals surface area contributed by atoms with Crippen LogP contribution in [0.2, 0.25) is 0 Å². The number of benzene rings is 6. The van der Waals surface area contributed by atoms with E-state index >= 15 is 0 Å². The second-order valence-corrected chi connectivity index (χ2v) is 15.4. The van der Waals surface area contributed by atoms with E-state index < -0.39 is 5.41 Å². The molecule has 5 heterocycles. The molecule has 2 aliphatic heterocycles. The molecule has 12 rings (SSSR count). The number of para-hydroxylation sites is 3. The van der Waals surface area contributed by atoms with Gasteiger partial charge in [0.2, 0.25) is 0 Å². The minimum atomic E-state index is -0.901. The van der Waals surface area contributed by atoms with Crippen molar-refractivity contribution < 1.29 is 4.74 Å². The van der Waals surface area contributed by atoms with Crippen molar-refractivity contribution >= 4 is 62.0 Å². The van der Waals surface area contributed by atoms with Crippen LogP contribution in [-0.4, -0.2) is 14.5 Å². The van der Waals surface area contributed by atoms with E-state index in [1.165, 1.54) is 9.79 Å². The summed E-state index contributed by atoms with van der Waals surface area (Å²) in [4.78, 5) is 22.6. The summed E-state index contributed by atoms with van der Waals surface area (Å²) in [5, 5.41) is 1.82. The second kappa shape index (κ2) is 11.7. The smallest absolute Gasteiger partial charge is 0.188 e. The fraction of sp³-hybridized carbons (Fsp3) is 0.0204. The molecule has 1 spiro atoms. The number of rotatable bonds is 2.